The largest absolute Gasteiger partial charge is 0.486 e. The Bertz CT molecular complexity index is 538. The van der Waals surface area contributed by atoms with Crippen molar-refractivity contribution in [2.24, 2.45) is 0 Å². The van der Waals surface area contributed by atoms with E-state index in [9.17, 15) is 4.79 Å². The Labute approximate surface area is 105 Å². The number of benzene rings is 1. The molecule has 1 aromatic carbocycles. The molecular weight excluding hydrogens is 290 g/mol. The van der Waals surface area contributed by atoms with Gasteiger partial charge < -0.3 is 14.4 Å². The molecule has 6 heteroatoms. The summed E-state index contributed by atoms with van der Waals surface area (Å²) in [6.45, 7) is 0.152. The van der Waals surface area contributed by atoms with Crippen LogP contribution in [0.4, 0.5) is 0 Å². The van der Waals surface area contributed by atoms with Crippen molar-refractivity contribution in [1.29, 1.82) is 0 Å². The van der Waals surface area contributed by atoms with Crippen LogP contribution in [0, 0.1) is 0 Å². The lowest BCUT2D eigenvalue weighted by atomic mass is 10.3. The second-order valence-electron chi connectivity index (χ2n) is 3.21. The summed E-state index contributed by atoms with van der Waals surface area (Å²) in [5, 5.41) is 12.2. The molecule has 0 atom stereocenters. The van der Waals surface area contributed by atoms with Crippen LogP contribution in [-0.2, 0) is 6.61 Å². The number of para-hydroxylation sites is 1. The first-order chi connectivity index (χ1) is 8.16. The Kier molecular flexibility index (Phi) is 3.43. The van der Waals surface area contributed by atoms with Gasteiger partial charge in [-0.3, -0.25) is 0 Å². The number of aromatic carboxylic acids is 1. The molecule has 0 bridgehead atoms. The van der Waals surface area contributed by atoms with E-state index < -0.39 is 5.97 Å². The summed E-state index contributed by atoms with van der Waals surface area (Å²) in [4.78, 5) is 10.6. The molecule has 17 heavy (non-hydrogen) atoms. The quantitative estimate of drug-likeness (QED) is 0.939. The number of carboxylic acids is 1. The first-order valence-electron chi connectivity index (χ1n) is 4.73. The molecule has 0 saturated heterocycles. The number of hydrogen-bond acceptors (Lipinski definition) is 4. The highest BCUT2D eigenvalue weighted by molar-refractivity contribution is 9.10. The van der Waals surface area contributed by atoms with Gasteiger partial charge in [-0.1, -0.05) is 17.3 Å². The van der Waals surface area contributed by atoms with Crippen molar-refractivity contribution in [2.75, 3.05) is 0 Å². The Morgan fingerprint density at radius 1 is 1.47 bits per heavy atom. The molecule has 2 aromatic rings. The minimum Gasteiger partial charge on any atom is -0.486 e. The number of nitrogens with zero attached hydrogens (tertiary/aromatic N) is 1. The third-order valence-corrected chi connectivity index (χ3v) is 2.64. The van der Waals surface area contributed by atoms with Crippen molar-refractivity contribution >= 4 is 21.9 Å². The molecule has 0 fully saturated rings. The van der Waals surface area contributed by atoms with Crippen molar-refractivity contribution in [1.82, 2.24) is 5.16 Å². The molecule has 88 valence electrons. The molecule has 1 N–H and O–H groups in total. The van der Waals surface area contributed by atoms with E-state index in [0.29, 0.717) is 11.4 Å². The Hall–Kier alpha value is -1.82. The van der Waals surface area contributed by atoms with Crippen LogP contribution >= 0.6 is 15.9 Å². The highest BCUT2D eigenvalue weighted by Crippen LogP contribution is 2.24. The molecule has 0 aliphatic heterocycles. The molecule has 1 heterocycles. The summed E-state index contributed by atoms with van der Waals surface area (Å²) in [6, 6.07) is 8.68. The van der Waals surface area contributed by atoms with Crippen LogP contribution in [-0.4, -0.2) is 16.2 Å². The number of aromatic nitrogens is 1. The van der Waals surface area contributed by atoms with E-state index in [4.69, 9.17) is 9.84 Å². The van der Waals surface area contributed by atoms with Crippen molar-refractivity contribution in [2.45, 2.75) is 6.61 Å². The highest BCUT2D eigenvalue weighted by Gasteiger charge is 2.11. The zero-order valence-corrected chi connectivity index (χ0v) is 10.2. The van der Waals surface area contributed by atoms with Gasteiger partial charge in [0.2, 0.25) is 5.76 Å². The molecule has 0 spiro atoms. The second-order valence-corrected chi connectivity index (χ2v) is 4.06. The zero-order valence-electron chi connectivity index (χ0n) is 8.59. The highest BCUT2D eigenvalue weighted by atomic mass is 79.9. The minimum atomic E-state index is -1.15. The standard InChI is InChI=1S/C11H8BrNO4/c12-8-3-1-2-4-9(8)16-6-7-5-10(11(14)15)17-13-7/h1-5H,6H2,(H,14,15). The maximum absolute atomic E-state index is 10.6. The first-order valence-corrected chi connectivity index (χ1v) is 5.52. The summed E-state index contributed by atoms with van der Waals surface area (Å²) in [7, 11) is 0. The molecule has 0 aliphatic rings. The van der Waals surface area contributed by atoms with E-state index in [-0.39, 0.29) is 12.4 Å². The van der Waals surface area contributed by atoms with Gasteiger partial charge in [-0.2, -0.15) is 0 Å². The SMILES string of the molecule is O=C(O)c1cc(COc2ccccc2Br)no1. The smallest absolute Gasteiger partial charge is 0.374 e. The summed E-state index contributed by atoms with van der Waals surface area (Å²) in [5.41, 5.74) is 0.429. The van der Waals surface area contributed by atoms with Crippen LogP contribution < -0.4 is 4.74 Å². The predicted octanol–water partition coefficient (Wildman–Crippen LogP) is 2.71. The van der Waals surface area contributed by atoms with E-state index in [0.717, 1.165) is 4.47 Å². The van der Waals surface area contributed by atoms with Gasteiger partial charge in [0, 0.05) is 6.07 Å². The van der Waals surface area contributed by atoms with Crippen LogP contribution in [0.15, 0.2) is 39.3 Å². The number of ether oxygens (including phenoxy) is 1. The van der Waals surface area contributed by atoms with Gasteiger partial charge in [-0.25, -0.2) is 4.79 Å². The number of rotatable bonds is 4. The van der Waals surface area contributed by atoms with Gasteiger partial charge in [0.05, 0.1) is 4.47 Å². The topological polar surface area (TPSA) is 72.6 Å². The molecule has 2 rings (SSSR count). The van der Waals surface area contributed by atoms with Gasteiger partial charge in [0.25, 0.3) is 0 Å². The fourth-order valence-corrected chi connectivity index (χ4v) is 1.59. The van der Waals surface area contributed by atoms with Crippen molar-refractivity contribution < 1.29 is 19.2 Å². The minimum absolute atomic E-state index is 0.152. The van der Waals surface area contributed by atoms with Crippen molar-refractivity contribution in [3.05, 3.63) is 46.3 Å². The summed E-state index contributed by atoms with van der Waals surface area (Å²) in [5.74, 6) is -0.687. The van der Waals surface area contributed by atoms with Gasteiger partial charge in [-0.05, 0) is 28.1 Å². The molecule has 0 aliphatic carbocycles. The molecule has 0 unspecified atom stereocenters. The molecule has 0 amide bonds. The lowest BCUT2D eigenvalue weighted by molar-refractivity contribution is 0.0651. The first kappa shape index (κ1) is 11.7. The third-order valence-electron chi connectivity index (χ3n) is 1.98. The average molecular weight is 298 g/mol. The van der Waals surface area contributed by atoms with E-state index in [2.05, 4.69) is 25.6 Å². The van der Waals surface area contributed by atoms with Crippen molar-refractivity contribution in [3.8, 4) is 5.75 Å². The molecule has 1 aromatic heterocycles. The number of carboxylic acid groups (broad SMARTS) is 1. The van der Waals surface area contributed by atoms with E-state index in [1.807, 2.05) is 18.2 Å². The normalized spacial score (nSPS) is 10.2. The van der Waals surface area contributed by atoms with Crippen molar-refractivity contribution in [3.63, 3.8) is 0 Å². The number of hydrogen-bond donors (Lipinski definition) is 1. The van der Waals surface area contributed by atoms with Crippen LogP contribution in [0.3, 0.4) is 0 Å². The Morgan fingerprint density at radius 2 is 2.24 bits per heavy atom. The molecule has 5 nitrogen and oxygen atoms in total. The Morgan fingerprint density at radius 3 is 2.88 bits per heavy atom. The zero-order chi connectivity index (χ0) is 12.3. The third kappa shape index (κ3) is 2.85. The fraction of sp³-hybridized carbons (Fsp3) is 0.0909. The van der Waals surface area contributed by atoms with Crippen LogP contribution in [0.1, 0.15) is 16.2 Å². The average Bonchev–Trinajstić information content (AvgIpc) is 2.77. The summed E-state index contributed by atoms with van der Waals surface area (Å²) in [6.07, 6.45) is 0. The molecular formula is C11H8BrNO4. The maximum Gasteiger partial charge on any atom is 0.374 e. The van der Waals surface area contributed by atoms with Gasteiger partial charge in [-0.15, -0.1) is 0 Å². The van der Waals surface area contributed by atoms with E-state index in [1.165, 1.54) is 6.07 Å². The van der Waals surface area contributed by atoms with Gasteiger partial charge in [0.15, 0.2) is 0 Å². The maximum atomic E-state index is 10.6. The molecule has 0 saturated carbocycles. The second kappa shape index (κ2) is 5.01. The Balaban J connectivity index is 2.02. The lowest BCUT2D eigenvalue weighted by Crippen LogP contribution is -1.96. The lowest BCUT2D eigenvalue weighted by Gasteiger charge is -2.04. The van der Waals surface area contributed by atoms with E-state index >= 15 is 0 Å². The van der Waals surface area contributed by atoms with Gasteiger partial charge >= 0.3 is 5.97 Å². The van der Waals surface area contributed by atoms with E-state index in [1.54, 1.807) is 6.07 Å². The summed E-state index contributed by atoms with van der Waals surface area (Å²) >= 11 is 3.34. The van der Waals surface area contributed by atoms with Crippen LogP contribution in [0.5, 0.6) is 5.75 Å². The molecule has 0 radical (unpaired) electrons. The fourth-order valence-electron chi connectivity index (χ4n) is 1.19. The monoisotopic (exact) mass is 297 g/mol. The van der Waals surface area contributed by atoms with Gasteiger partial charge in [0.1, 0.15) is 18.1 Å². The predicted molar refractivity (Wildman–Crippen MR) is 61.9 cm³/mol. The van der Waals surface area contributed by atoms with Crippen LogP contribution in [0.2, 0.25) is 0 Å². The number of halogens is 1. The summed E-state index contributed by atoms with van der Waals surface area (Å²) < 4.78 is 10.9. The van der Waals surface area contributed by atoms with Crippen LogP contribution in [0.25, 0.3) is 0 Å². The number of carbonyl (C=O) groups is 1.